The Bertz CT molecular complexity index is 1180. The zero-order valence-electron chi connectivity index (χ0n) is 18.0. The van der Waals surface area contributed by atoms with Crippen LogP contribution in [-0.4, -0.2) is 69.1 Å². The van der Waals surface area contributed by atoms with Crippen LogP contribution in [0.1, 0.15) is 21.5 Å². The number of nitrogens with zero attached hydrogens (tertiary/aromatic N) is 3. The van der Waals surface area contributed by atoms with Crippen molar-refractivity contribution in [1.82, 2.24) is 9.80 Å². The summed E-state index contributed by atoms with van der Waals surface area (Å²) in [6.45, 7) is 3.98. The molecule has 0 saturated carbocycles. The predicted molar refractivity (Wildman–Crippen MR) is 125 cm³/mol. The highest BCUT2D eigenvalue weighted by molar-refractivity contribution is 7.92. The molecule has 4 rings (SSSR count). The minimum atomic E-state index is -3.32. The van der Waals surface area contributed by atoms with Crippen molar-refractivity contribution < 1.29 is 18.0 Å². The average molecular weight is 477 g/mol. The molecule has 3 amide bonds. The van der Waals surface area contributed by atoms with Crippen molar-refractivity contribution >= 4 is 44.9 Å². The van der Waals surface area contributed by atoms with Crippen molar-refractivity contribution in [1.29, 1.82) is 0 Å². The molecule has 0 spiro atoms. The maximum Gasteiger partial charge on any atom is 0.321 e. The summed E-state index contributed by atoms with van der Waals surface area (Å²) in [5, 5.41) is 3.44. The van der Waals surface area contributed by atoms with Crippen molar-refractivity contribution in [3.63, 3.8) is 0 Å². The second kappa shape index (κ2) is 8.63. The van der Waals surface area contributed by atoms with Crippen LogP contribution in [0, 0.1) is 6.92 Å². The van der Waals surface area contributed by atoms with Gasteiger partial charge in [0, 0.05) is 49.0 Å². The highest BCUT2D eigenvalue weighted by atomic mass is 35.5. The molecule has 1 N–H and O–H groups in total. The van der Waals surface area contributed by atoms with Crippen molar-refractivity contribution in [3.8, 4) is 0 Å². The monoisotopic (exact) mass is 476 g/mol. The molecule has 0 aliphatic carbocycles. The lowest BCUT2D eigenvalue weighted by Crippen LogP contribution is -2.51. The zero-order valence-corrected chi connectivity index (χ0v) is 19.5. The highest BCUT2D eigenvalue weighted by Gasteiger charge is 2.29. The number of urea groups is 1. The Morgan fingerprint density at radius 2 is 1.66 bits per heavy atom. The fourth-order valence-corrected chi connectivity index (χ4v) is 5.16. The number of sulfonamides is 1. The van der Waals surface area contributed by atoms with Crippen LogP contribution in [0.15, 0.2) is 36.4 Å². The SMILES string of the molecule is Cc1ccc(NC(=O)N2CCN(C(=O)c3ccc4c(c3)CCN4S(C)(=O)=O)CC2)cc1Cl. The first-order valence-electron chi connectivity index (χ1n) is 10.4. The molecule has 10 heteroatoms. The molecule has 2 aromatic rings. The van der Waals surface area contributed by atoms with Gasteiger partial charge in [-0.05, 0) is 54.8 Å². The van der Waals surface area contributed by atoms with Crippen LogP contribution in [0.2, 0.25) is 5.02 Å². The minimum absolute atomic E-state index is 0.115. The van der Waals surface area contributed by atoms with Gasteiger partial charge in [0.25, 0.3) is 5.91 Å². The third kappa shape index (κ3) is 4.54. The van der Waals surface area contributed by atoms with Crippen LogP contribution < -0.4 is 9.62 Å². The van der Waals surface area contributed by atoms with E-state index in [4.69, 9.17) is 11.6 Å². The quantitative estimate of drug-likeness (QED) is 0.737. The molecule has 32 heavy (non-hydrogen) atoms. The molecule has 2 aromatic carbocycles. The maximum absolute atomic E-state index is 13.0. The van der Waals surface area contributed by atoms with Gasteiger partial charge in [-0.1, -0.05) is 17.7 Å². The molecule has 8 nitrogen and oxygen atoms in total. The van der Waals surface area contributed by atoms with E-state index in [2.05, 4.69) is 5.32 Å². The Labute approximate surface area is 192 Å². The number of carbonyl (C=O) groups excluding carboxylic acids is 2. The van der Waals surface area contributed by atoms with Gasteiger partial charge >= 0.3 is 6.03 Å². The van der Waals surface area contributed by atoms with Gasteiger partial charge in [0.15, 0.2) is 0 Å². The number of hydrogen-bond donors (Lipinski definition) is 1. The summed E-state index contributed by atoms with van der Waals surface area (Å²) in [5.41, 5.74) is 3.60. The lowest BCUT2D eigenvalue weighted by atomic mass is 10.1. The molecule has 0 unspecified atom stereocenters. The first kappa shape index (κ1) is 22.4. The number of anilines is 2. The summed E-state index contributed by atoms with van der Waals surface area (Å²) >= 11 is 6.12. The Hall–Kier alpha value is -2.78. The van der Waals surface area contributed by atoms with Gasteiger partial charge in [-0.3, -0.25) is 9.10 Å². The minimum Gasteiger partial charge on any atom is -0.335 e. The third-order valence-electron chi connectivity index (χ3n) is 5.86. The second-order valence-electron chi connectivity index (χ2n) is 8.10. The molecule has 2 aliphatic heterocycles. The number of hydrogen-bond acceptors (Lipinski definition) is 4. The summed E-state index contributed by atoms with van der Waals surface area (Å²) in [4.78, 5) is 28.9. The molecule has 0 aromatic heterocycles. The molecular formula is C22H25ClN4O4S. The molecular weight excluding hydrogens is 452 g/mol. The number of halogens is 1. The molecule has 2 heterocycles. The van der Waals surface area contributed by atoms with Gasteiger partial charge in [-0.2, -0.15) is 0 Å². The van der Waals surface area contributed by atoms with E-state index in [0.717, 1.165) is 11.1 Å². The van der Waals surface area contributed by atoms with Gasteiger partial charge in [-0.15, -0.1) is 0 Å². The largest absolute Gasteiger partial charge is 0.335 e. The number of carbonyl (C=O) groups is 2. The van der Waals surface area contributed by atoms with E-state index in [-0.39, 0.29) is 11.9 Å². The van der Waals surface area contributed by atoms with Crippen molar-refractivity contribution in [2.45, 2.75) is 13.3 Å². The van der Waals surface area contributed by atoms with E-state index in [1.54, 1.807) is 40.1 Å². The molecule has 170 valence electrons. The molecule has 2 aliphatic rings. The fraction of sp³-hybridized carbons (Fsp3) is 0.364. The lowest BCUT2D eigenvalue weighted by Gasteiger charge is -2.34. The van der Waals surface area contributed by atoms with E-state index >= 15 is 0 Å². The first-order valence-corrected chi connectivity index (χ1v) is 12.6. The third-order valence-corrected chi connectivity index (χ3v) is 7.44. The van der Waals surface area contributed by atoms with Crippen molar-refractivity contribution in [2.75, 3.05) is 48.6 Å². The van der Waals surface area contributed by atoms with Gasteiger partial charge in [-0.25, -0.2) is 13.2 Å². The topological polar surface area (TPSA) is 90.0 Å². The Kier molecular flexibility index (Phi) is 6.05. The number of benzene rings is 2. The zero-order chi connectivity index (χ0) is 23.0. The van der Waals surface area contributed by atoms with Gasteiger partial charge in [0.1, 0.15) is 0 Å². The lowest BCUT2D eigenvalue weighted by molar-refractivity contribution is 0.0671. The summed E-state index contributed by atoms with van der Waals surface area (Å²) in [5.74, 6) is -0.115. The number of aryl methyl sites for hydroxylation is 1. The average Bonchev–Trinajstić information content (AvgIpc) is 3.20. The van der Waals surface area contributed by atoms with Gasteiger partial charge in [0.2, 0.25) is 10.0 Å². The first-order chi connectivity index (χ1) is 15.1. The van der Waals surface area contributed by atoms with Gasteiger partial charge < -0.3 is 15.1 Å². The number of amides is 3. The molecule has 1 saturated heterocycles. The summed E-state index contributed by atoms with van der Waals surface area (Å²) in [6, 6.07) is 10.3. The second-order valence-corrected chi connectivity index (χ2v) is 10.4. The van der Waals surface area contributed by atoms with E-state index in [9.17, 15) is 18.0 Å². The molecule has 0 radical (unpaired) electrons. The van der Waals surface area contributed by atoms with Crippen LogP contribution in [0.25, 0.3) is 0 Å². The van der Waals surface area contributed by atoms with Gasteiger partial charge in [0.05, 0.1) is 11.9 Å². The van der Waals surface area contributed by atoms with Crippen LogP contribution in [-0.2, 0) is 16.4 Å². The summed E-state index contributed by atoms with van der Waals surface area (Å²) in [7, 11) is -3.32. The summed E-state index contributed by atoms with van der Waals surface area (Å²) in [6.07, 6.45) is 1.77. The smallest absolute Gasteiger partial charge is 0.321 e. The molecule has 1 fully saturated rings. The predicted octanol–water partition coefficient (Wildman–Crippen LogP) is 2.96. The number of rotatable bonds is 3. The molecule has 0 bridgehead atoms. The van der Waals surface area contributed by atoms with E-state index in [0.29, 0.717) is 61.1 Å². The Morgan fingerprint density at radius 1 is 0.969 bits per heavy atom. The van der Waals surface area contributed by atoms with Crippen LogP contribution in [0.5, 0.6) is 0 Å². The van der Waals surface area contributed by atoms with Crippen LogP contribution in [0.4, 0.5) is 16.2 Å². The van der Waals surface area contributed by atoms with E-state index in [1.165, 1.54) is 10.6 Å². The van der Waals surface area contributed by atoms with Crippen LogP contribution >= 0.6 is 11.6 Å². The highest BCUT2D eigenvalue weighted by Crippen LogP contribution is 2.31. The van der Waals surface area contributed by atoms with Crippen LogP contribution in [0.3, 0.4) is 0 Å². The Morgan fingerprint density at radius 3 is 2.31 bits per heavy atom. The molecule has 0 atom stereocenters. The fourth-order valence-electron chi connectivity index (χ4n) is 4.02. The van der Waals surface area contributed by atoms with E-state index < -0.39 is 10.0 Å². The number of nitrogens with one attached hydrogen (secondary N) is 1. The number of piperazine rings is 1. The Balaban J connectivity index is 1.36. The summed E-state index contributed by atoms with van der Waals surface area (Å²) < 4.78 is 25.2. The van der Waals surface area contributed by atoms with E-state index in [1.807, 2.05) is 13.0 Å². The number of fused-ring (bicyclic) bond motifs is 1. The van der Waals surface area contributed by atoms with Crippen molar-refractivity contribution in [3.05, 3.63) is 58.1 Å². The maximum atomic E-state index is 13.0. The standard InChI is InChI=1S/C22H25ClN4O4S/c1-15-3-5-18(14-19(15)23)24-22(29)26-11-9-25(10-12-26)21(28)17-4-6-20-16(13-17)7-8-27(20)32(2,30)31/h3-6,13-14H,7-12H2,1-2H3,(H,24,29). The normalized spacial score (nSPS) is 16.2. The van der Waals surface area contributed by atoms with Crippen molar-refractivity contribution in [2.24, 2.45) is 0 Å².